The number of carboxylic acid groups (broad SMARTS) is 1. The molecule has 0 aromatic heterocycles. The summed E-state index contributed by atoms with van der Waals surface area (Å²) in [5, 5.41) is 9.37. The van der Waals surface area contributed by atoms with Gasteiger partial charge in [-0.15, -0.1) is 0 Å². The molecular formula is C15H26N2O4. The zero-order valence-electron chi connectivity index (χ0n) is 13.1. The van der Waals surface area contributed by atoms with Gasteiger partial charge in [0.25, 0.3) is 0 Å². The first kappa shape index (κ1) is 17.5. The summed E-state index contributed by atoms with van der Waals surface area (Å²) in [6.45, 7) is 6.41. The maximum atomic E-state index is 12.3. The van der Waals surface area contributed by atoms with Crippen molar-refractivity contribution in [2.75, 3.05) is 13.1 Å². The molecule has 1 aliphatic rings. The number of rotatable bonds is 6. The molecule has 1 aliphatic heterocycles. The van der Waals surface area contributed by atoms with Crippen molar-refractivity contribution in [3.63, 3.8) is 0 Å². The van der Waals surface area contributed by atoms with E-state index in [2.05, 4.69) is 0 Å². The second-order valence-electron chi connectivity index (χ2n) is 6.55. The predicted molar refractivity (Wildman–Crippen MR) is 78.3 cm³/mol. The van der Waals surface area contributed by atoms with Crippen molar-refractivity contribution in [1.29, 1.82) is 0 Å². The van der Waals surface area contributed by atoms with E-state index in [0.717, 1.165) is 12.8 Å². The van der Waals surface area contributed by atoms with Crippen LogP contribution in [0.3, 0.4) is 0 Å². The van der Waals surface area contributed by atoms with Gasteiger partial charge < -0.3 is 15.7 Å². The Hall–Kier alpha value is -1.59. The number of piperidine rings is 1. The summed E-state index contributed by atoms with van der Waals surface area (Å²) in [6, 6.07) is 0. The molecular weight excluding hydrogens is 272 g/mol. The number of aliphatic carboxylic acids is 1. The van der Waals surface area contributed by atoms with Crippen molar-refractivity contribution in [2.45, 2.75) is 46.5 Å². The third-order valence-electron chi connectivity index (χ3n) is 4.74. The highest BCUT2D eigenvalue weighted by atomic mass is 16.4. The molecule has 0 bridgehead atoms. The number of hydrogen-bond acceptors (Lipinski definition) is 3. The number of amides is 2. The van der Waals surface area contributed by atoms with Crippen LogP contribution in [0, 0.1) is 17.3 Å². The van der Waals surface area contributed by atoms with Crippen LogP contribution < -0.4 is 5.73 Å². The zero-order chi connectivity index (χ0) is 16.2. The Labute approximate surface area is 125 Å². The topological polar surface area (TPSA) is 101 Å². The molecule has 6 nitrogen and oxygen atoms in total. The molecule has 3 N–H and O–H groups in total. The number of carbonyl (C=O) groups excluding carboxylic acids is 2. The average Bonchev–Trinajstić information content (AvgIpc) is 2.38. The molecule has 0 saturated carbocycles. The van der Waals surface area contributed by atoms with Crippen LogP contribution in [-0.4, -0.2) is 40.9 Å². The number of hydrogen-bond donors (Lipinski definition) is 2. The first-order chi connectivity index (χ1) is 9.66. The molecule has 1 atom stereocenters. The van der Waals surface area contributed by atoms with Crippen LogP contribution in [0.25, 0.3) is 0 Å². The molecule has 1 rings (SSSR count). The summed E-state index contributed by atoms with van der Waals surface area (Å²) in [7, 11) is 0. The quantitative estimate of drug-likeness (QED) is 0.770. The van der Waals surface area contributed by atoms with Crippen molar-refractivity contribution < 1.29 is 19.5 Å². The summed E-state index contributed by atoms with van der Waals surface area (Å²) in [5.41, 5.74) is 4.14. The number of likely N-dealkylation sites (tertiary alicyclic amines) is 1. The van der Waals surface area contributed by atoms with Crippen LogP contribution >= 0.6 is 0 Å². The van der Waals surface area contributed by atoms with Gasteiger partial charge in [0.2, 0.25) is 11.8 Å². The molecule has 21 heavy (non-hydrogen) atoms. The van der Waals surface area contributed by atoms with E-state index in [9.17, 15) is 19.5 Å². The maximum Gasteiger partial charge on any atom is 0.310 e. The predicted octanol–water partition coefficient (Wildman–Crippen LogP) is 1.24. The van der Waals surface area contributed by atoms with Crippen LogP contribution in [0.1, 0.15) is 46.5 Å². The lowest BCUT2D eigenvalue weighted by atomic mass is 9.76. The van der Waals surface area contributed by atoms with Crippen molar-refractivity contribution in [3.8, 4) is 0 Å². The molecule has 0 aromatic rings. The number of carboxylic acids is 1. The first-order valence-electron chi connectivity index (χ1n) is 7.46. The van der Waals surface area contributed by atoms with Gasteiger partial charge in [0.1, 0.15) is 0 Å². The second-order valence-corrected chi connectivity index (χ2v) is 6.55. The largest absolute Gasteiger partial charge is 0.481 e. The highest BCUT2D eigenvalue weighted by molar-refractivity contribution is 5.85. The molecule has 120 valence electrons. The molecule has 0 spiro atoms. The minimum absolute atomic E-state index is 0.0144. The van der Waals surface area contributed by atoms with Crippen molar-refractivity contribution >= 4 is 17.8 Å². The van der Waals surface area contributed by atoms with Crippen molar-refractivity contribution in [2.24, 2.45) is 23.0 Å². The SMILES string of the molecule is CC(C)C(C)(CC(=O)N1CCC(CC(N)=O)CC1)C(=O)O. The number of nitrogens with zero attached hydrogens (tertiary/aromatic N) is 1. The van der Waals surface area contributed by atoms with Crippen LogP contribution in [0.5, 0.6) is 0 Å². The maximum absolute atomic E-state index is 12.3. The third-order valence-corrected chi connectivity index (χ3v) is 4.74. The van der Waals surface area contributed by atoms with E-state index in [1.165, 1.54) is 0 Å². The smallest absolute Gasteiger partial charge is 0.310 e. The number of nitrogens with two attached hydrogens (primary N) is 1. The van der Waals surface area contributed by atoms with Gasteiger partial charge >= 0.3 is 5.97 Å². The standard InChI is InChI=1S/C15H26N2O4/c1-10(2)15(3,14(20)21)9-13(19)17-6-4-11(5-7-17)8-12(16)18/h10-11H,4-9H2,1-3H3,(H2,16,18)(H,20,21). The second kappa shape index (κ2) is 6.91. The fraction of sp³-hybridized carbons (Fsp3) is 0.800. The molecule has 0 radical (unpaired) electrons. The number of primary amides is 1. The van der Waals surface area contributed by atoms with Gasteiger partial charge in [0.05, 0.1) is 5.41 Å². The van der Waals surface area contributed by atoms with E-state index < -0.39 is 11.4 Å². The summed E-state index contributed by atoms with van der Waals surface area (Å²) < 4.78 is 0. The molecule has 1 unspecified atom stereocenters. The van der Waals surface area contributed by atoms with Gasteiger partial charge in [-0.1, -0.05) is 13.8 Å². The Bertz CT molecular complexity index is 414. The van der Waals surface area contributed by atoms with Gasteiger partial charge in [0, 0.05) is 25.9 Å². The fourth-order valence-corrected chi connectivity index (χ4v) is 2.62. The third kappa shape index (κ3) is 4.44. The minimum atomic E-state index is -1.04. The van der Waals surface area contributed by atoms with E-state index in [0.29, 0.717) is 19.5 Å². The monoisotopic (exact) mass is 298 g/mol. The summed E-state index contributed by atoms with van der Waals surface area (Å²) in [5.74, 6) is -1.24. The van der Waals surface area contributed by atoms with E-state index in [1.807, 2.05) is 13.8 Å². The Balaban J connectivity index is 2.58. The lowest BCUT2D eigenvalue weighted by molar-refractivity contribution is -0.156. The van der Waals surface area contributed by atoms with E-state index in [1.54, 1.807) is 11.8 Å². The molecule has 2 amide bonds. The molecule has 0 aliphatic carbocycles. The molecule has 1 heterocycles. The van der Waals surface area contributed by atoms with E-state index >= 15 is 0 Å². The summed E-state index contributed by atoms with van der Waals surface area (Å²) >= 11 is 0. The van der Waals surface area contributed by atoms with E-state index in [4.69, 9.17) is 5.73 Å². The van der Waals surface area contributed by atoms with Crippen LogP contribution in [-0.2, 0) is 14.4 Å². The highest BCUT2D eigenvalue weighted by Gasteiger charge is 2.40. The molecule has 6 heteroatoms. The lowest BCUT2D eigenvalue weighted by Gasteiger charge is -2.35. The number of carbonyl (C=O) groups is 3. The highest BCUT2D eigenvalue weighted by Crippen LogP contribution is 2.33. The van der Waals surface area contributed by atoms with E-state index in [-0.39, 0.29) is 30.1 Å². The molecule has 0 aromatic carbocycles. The Kier molecular flexibility index (Phi) is 5.75. The Morgan fingerprint density at radius 3 is 2.19 bits per heavy atom. The van der Waals surface area contributed by atoms with Crippen LogP contribution in [0.2, 0.25) is 0 Å². The van der Waals surface area contributed by atoms with Crippen molar-refractivity contribution in [3.05, 3.63) is 0 Å². The van der Waals surface area contributed by atoms with Gasteiger partial charge in [-0.3, -0.25) is 14.4 Å². The molecule has 1 saturated heterocycles. The first-order valence-corrected chi connectivity index (χ1v) is 7.46. The Morgan fingerprint density at radius 1 is 1.29 bits per heavy atom. The van der Waals surface area contributed by atoms with Crippen LogP contribution in [0.15, 0.2) is 0 Å². The normalized spacial score (nSPS) is 19.3. The summed E-state index contributed by atoms with van der Waals surface area (Å²) in [6.07, 6.45) is 1.88. The zero-order valence-corrected chi connectivity index (χ0v) is 13.1. The van der Waals surface area contributed by atoms with Crippen LogP contribution in [0.4, 0.5) is 0 Å². The van der Waals surface area contributed by atoms with Gasteiger partial charge in [0.15, 0.2) is 0 Å². The minimum Gasteiger partial charge on any atom is -0.481 e. The van der Waals surface area contributed by atoms with Gasteiger partial charge in [-0.2, -0.15) is 0 Å². The average molecular weight is 298 g/mol. The van der Waals surface area contributed by atoms with Gasteiger partial charge in [-0.25, -0.2) is 0 Å². The van der Waals surface area contributed by atoms with Crippen molar-refractivity contribution in [1.82, 2.24) is 4.90 Å². The Morgan fingerprint density at radius 2 is 1.81 bits per heavy atom. The molecule has 1 fully saturated rings. The summed E-state index contributed by atoms with van der Waals surface area (Å²) in [4.78, 5) is 36.4. The van der Waals surface area contributed by atoms with Gasteiger partial charge in [-0.05, 0) is 31.6 Å². The fourth-order valence-electron chi connectivity index (χ4n) is 2.62. The lowest BCUT2D eigenvalue weighted by Crippen LogP contribution is -2.44.